The molecule has 1 aromatic carbocycles. The zero-order valence-corrected chi connectivity index (χ0v) is 8.56. The van der Waals surface area contributed by atoms with Crippen molar-refractivity contribution >= 4 is 40.2 Å². The lowest BCUT2D eigenvalue weighted by Crippen LogP contribution is -2.00. The highest BCUT2D eigenvalue weighted by Crippen LogP contribution is 2.21. The lowest BCUT2D eigenvalue weighted by molar-refractivity contribution is 0.0695. The van der Waals surface area contributed by atoms with Crippen molar-refractivity contribution in [3.63, 3.8) is 0 Å². The maximum absolute atomic E-state index is 12.7. The molecule has 1 aromatic rings. The molecule has 0 amide bonds. The molecule has 0 radical (unpaired) electrons. The zero-order valence-electron chi connectivity index (χ0n) is 5.64. The molecule has 5 heteroatoms. The Labute approximate surface area is 86.5 Å². The number of benzene rings is 1. The Balaban J connectivity index is 3.33. The average Bonchev–Trinajstić information content (AvgIpc) is 1.96. The van der Waals surface area contributed by atoms with E-state index in [1.807, 2.05) is 0 Å². The first-order chi connectivity index (χ1) is 5.52. The molecular formula is C7H3ClFIO2. The molecule has 64 valence electrons. The summed E-state index contributed by atoms with van der Waals surface area (Å²) >= 11 is 7.13. The van der Waals surface area contributed by atoms with Gasteiger partial charge in [-0.1, -0.05) is 11.6 Å². The standard InChI is InChI=1S/C7H3ClFIO2/c8-4-1-3(7(11)12)6(10)2-5(4)9/h1-2H,(H,11,12). The van der Waals surface area contributed by atoms with Crippen molar-refractivity contribution in [3.05, 3.63) is 32.1 Å². The van der Waals surface area contributed by atoms with Gasteiger partial charge >= 0.3 is 5.97 Å². The summed E-state index contributed by atoms with van der Waals surface area (Å²) in [4.78, 5) is 10.5. The van der Waals surface area contributed by atoms with Crippen LogP contribution in [0.25, 0.3) is 0 Å². The van der Waals surface area contributed by atoms with Crippen molar-refractivity contribution < 1.29 is 14.3 Å². The summed E-state index contributed by atoms with van der Waals surface area (Å²) in [5.41, 5.74) is 0.0157. The predicted octanol–water partition coefficient (Wildman–Crippen LogP) is 2.78. The van der Waals surface area contributed by atoms with E-state index in [0.717, 1.165) is 12.1 Å². The third-order valence-electron chi connectivity index (χ3n) is 1.24. The van der Waals surface area contributed by atoms with E-state index in [4.69, 9.17) is 16.7 Å². The molecular weight excluding hydrogens is 297 g/mol. The molecule has 0 bridgehead atoms. The fourth-order valence-electron chi connectivity index (χ4n) is 0.686. The zero-order chi connectivity index (χ0) is 9.30. The quantitative estimate of drug-likeness (QED) is 0.639. The summed E-state index contributed by atoms with van der Waals surface area (Å²) in [6, 6.07) is 2.19. The first-order valence-electron chi connectivity index (χ1n) is 2.90. The molecule has 1 rings (SSSR count). The summed E-state index contributed by atoms with van der Waals surface area (Å²) in [6.45, 7) is 0. The van der Waals surface area contributed by atoms with Crippen LogP contribution in [0.3, 0.4) is 0 Å². The SMILES string of the molecule is O=C(O)c1cc(Cl)c(F)cc1I. The topological polar surface area (TPSA) is 37.3 Å². The molecule has 0 aromatic heterocycles. The minimum absolute atomic E-state index is 0.0157. The summed E-state index contributed by atoms with van der Waals surface area (Å²) in [5.74, 6) is -1.72. The Hall–Kier alpha value is -0.360. The largest absolute Gasteiger partial charge is 0.478 e. The maximum Gasteiger partial charge on any atom is 0.336 e. The van der Waals surface area contributed by atoms with Gasteiger partial charge < -0.3 is 5.11 Å². The van der Waals surface area contributed by atoms with Crippen LogP contribution in [0.2, 0.25) is 5.02 Å². The average molecular weight is 300 g/mol. The molecule has 0 saturated carbocycles. The summed E-state index contributed by atoms with van der Waals surface area (Å²) in [5, 5.41) is 8.42. The monoisotopic (exact) mass is 300 g/mol. The summed E-state index contributed by atoms with van der Waals surface area (Å²) < 4.78 is 13.0. The highest BCUT2D eigenvalue weighted by atomic mass is 127. The van der Waals surface area contributed by atoms with Gasteiger partial charge in [-0.3, -0.25) is 0 Å². The molecule has 0 aliphatic heterocycles. The van der Waals surface area contributed by atoms with Gasteiger partial charge in [0.2, 0.25) is 0 Å². The van der Waals surface area contributed by atoms with Crippen molar-refractivity contribution in [2.24, 2.45) is 0 Å². The molecule has 2 nitrogen and oxygen atoms in total. The number of halogens is 3. The fraction of sp³-hybridized carbons (Fsp3) is 0. The van der Waals surface area contributed by atoms with E-state index in [2.05, 4.69) is 0 Å². The van der Waals surface area contributed by atoms with Gasteiger partial charge in [-0.2, -0.15) is 0 Å². The van der Waals surface area contributed by atoms with Gasteiger partial charge in [0.1, 0.15) is 5.82 Å². The van der Waals surface area contributed by atoms with E-state index in [1.54, 1.807) is 22.6 Å². The number of aromatic carboxylic acids is 1. The number of carboxylic acid groups (broad SMARTS) is 1. The molecule has 0 spiro atoms. The first-order valence-corrected chi connectivity index (χ1v) is 4.36. The van der Waals surface area contributed by atoms with Crippen LogP contribution in [0.5, 0.6) is 0 Å². The van der Waals surface area contributed by atoms with E-state index < -0.39 is 11.8 Å². The van der Waals surface area contributed by atoms with Gasteiger partial charge in [-0.15, -0.1) is 0 Å². The van der Waals surface area contributed by atoms with E-state index in [0.29, 0.717) is 3.57 Å². The van der Waals surface area contributed by atoms with Crippen molar-refractivity contribution in [2.45, 2.75) is 0 Å². The number of carbonyl (C=O) groups is 1. The molecule has 0 unspecified atom stereocenters. The first kappa shape index (κ1) is 9.73. The number of rotatable bonds is 1. The molecule has 0 heterocycles. The van der Waals surface area contributed by atoms with Crippen LogP contribution < -0.4 is 0 Å². The Bertz CT molecular complexity index is 340. The smallest absolute Gasteiger partial charge is 0.336 e. The Morgan fingerprint density at radius 2 is 2.17 bits per heavy atom. The highest BCUT2D eigenvalue weighted by Gasteiger charge is 2.11. The molecule has 0 atom stereocenters. The second-order valence-electron chi connectivity index (χ2n) is 2.05. The van der Waals surface area contributed by atoms with Crippen LogP contribution in [-0.4, -0.2) is 11.1 Å². The Morgan fingerprint density at radius 3 is 2.67 bits per heavy atom. The van der Waals surface area contributed by atoms with Gasteiger partial charge in [-0.25, -0.2) is 9.18 Å². The molecule has 12 heavy (non-hydrogen) atoms. The van der Waals surface area contributed by atoms with Gasteiger partial charge in [0, 0.05) is 3.57 Å². The Morgan fingerprint density at radius 1 is 1.58 bits per heavy atom. The van der Waals surface area contributed by atoms with Crippen molar-refractivity contribution in [1.29, 1.82) is 0 Å². The van der Waals surface area contributed by atoms with Gasteiger partial charge in [0.25, 0.3) is 0 Å². The van der Waals surface area contributed by atoms with E-state index in [1.165, 1.54) is 0 Å². The minimum Gasteiger partial charge on any atom is -0.478 e. The van der Waals surface area contributed by atoms with E-state index in [-0.39, 0.29) is 10.6 Å². The molecule has 0 aliphatic rings. The van der Waals surface area contributed by atoms with Crippen molar-refractivity contribution in [3.8, 4) is 0 Å². The van der Waals surface area contributed by atoms with Crippen LogP contribution in [0.1, 0.15) is 10.4 Å². The van der Waals surface area contributed by atoms with E-state index >= 15 is 0 Å². The third-order valence-corrected chi connectivity index (χ3v) is 2.42. The fourth-order valence-corrected chi connectivity index (χ4v) is 1.51. The number of hydrogen-bond acceptors (Lipinski definition) is 1. The summed E-state index contributed by atoms with van der Waals surface area (Å²) in [6.07, 6.45) is 0. The lowest BCUT2D eigenvalue weighted by atomic mass is 10.2. The number of carboxylic acids is 1. The molecule has 1 N–H and O–H groups in total. The molecule has 0 aliphatic carbocycles. The summed E-state index contributed by atoms with van der Waals surface area (Å²) in [7, 11) is 0. The molecule has 0 fully saturated rings. The number of hydrogen-bond donors (Lipinski definition) is 1. The second kappa shape index (κ2) is 3.57. The minimum atomic E-state index is -1.11. The van der Waals surface area contributed by atoms with Crippen molar-refractivity contribution in [1.82, 2.24) is 0 Å². The Kier molecular flexibility index (Phi) is 2.89. The highest BCUT2D eigenvalue weighted by molar-refractivity contribution is 14.1. The van der Waals surface area contributed by atoms with Crippen LogP contribution in [-0.2, 0) is 0 Å². The maximum atomic E-state index is 12.7. The van der Waals surface area contributed by atoms with Crippen LogP contribution in [0.4, 0.5) is 4.39 Å². The predicted molar refractivity (Wildman–Crippen MR) is 51.1 cm³/mol. The van der Waals surface area contributed by atoms with Crippen LogP contribution >= 0.6 is 34.2 Å². The second-order valence-corrected chi connectivity index (χ2v) is 3.62. The normalized spacial score (nSPS) is 9.92. The van der Waals surface area contributed by atoms with Crippen molar-refractivity contribution in [2.75, 3.05) is 0 Å². The van der Waals surface area contributed by atoms with Crippen LogP contribution in [0, 0.1) is 9.39 Å². The van der Waals surface area contributed by atoms with Gasteiger partial charge in [0.05, 0.1) is 10.6 Å². The lowest BCUT2D eigenvalue weighted by Gasteiger charge is -1.99. The van der Waals surface area contributed by atoms with Crippen LogP contribution in [0.15, 0.2) is 12.1 Å². The van der Waals surface area contributed by atoms with Gasteiger partial charge in [-0.05, 0) is 34.7 Å². The third kappa shape index (κ3) is 1.87. The van der Waals surface area contributed by atoms with Gasteiger partial charge in [0.15, 0.2) is 0 Å². The van der Waals surface area contributed by atoms with E-state index in [9.17, 15) is 9.18 Å². The molecule has 0 saturated heterocycles.